The van der Waals surface area contributed by atoms with Crippen molar-refractivity contribution in [2.75, 3.05) is 41.3 Å². The number of hydrogen-bond donors (Lipinski definition) is 3. The van der Waals surface area contributed by atoms with Gasteiger partial charge >= 0.3 is 11.9 Å². The average Bonchev–Trinajstić information content (AvgIpc) is 2.89. The summed E-state index contributed by atoms with van der Waals surface area (Å²) in [7, 11) is 8.21. The molecule has 1 aromatic rings. The number of likely N-dealkylation sites (N-methyl/N-ethyl adjacent to an activating group) is 1. The summed E-state index contributed by atoms with van der Waals surface area (Å²) in [5.74, 6) is -1.75. The van der Waals surface area contributed by atoms with Gasteiger partial charge in [0.2, 0.25) is 0 Å². The summed E-state index contributed by atoms with van der Waals surface area (Å²) in [6.07, 6.45) is 20.2. The molecule has 0 spiro atoms. The fourth-order valence-electron chi connectivity index (χ4n) is 4.11. The van der Waals surface area contributed by atoms with Gasteiger partial charge in [-0.3, -0.25) is 14.5 Å². The van der Waals surface area contributed by atoms with Crippen LogP contribution in [-0.2, 0) is 16.1 Å². The summed E-state index contributed by atoms with van der Waals surface area (Å²) in [4.78, 5) is 21.0. The van der Waals surface area contributed by atoms with Crippen molar-refractivity contribution in [2.24, 2.45) is 5.73 Å². The van der Waals surface area contributed by atoms with Crippen molar-refractivity contribution in [3.8, 4) is 0 Å². The molecular weight excluding hydrogens is 490 g/mol. The molecule has 4 N–H and O–H groups in total. The number of rotatable bonds is 20. The predicted molar refractivity (Wildman–Crippen MR) is 165 cm³/mol. The zero-order valence-corrected chi connectivity index (χ0v) is 26.2. The Kier molecular flexibility index (Phi) is 26.4. The van der Waals surface area contributed by atoms with E-state index in [9.17, 15) is 9.59 Å². The standard InChI is InChI=1S/C25H46N.C5H11NO2.C2H5NO2/c1-4-5-6-7-8-9-10-11-12-13-14-15-16-20-23-26(2,3)24-25-21-18-17-19-22-25;1-4(5(7)8)6(2)3;3-1-2(4)5/h17-19,21-22H,4-16,20,23-24H2,1-3H3;4H,1-3H3,(H,7,8);1,3H2,(H,4,5)/q+1;;. The van der Waals surface area contributed by atoms with E-state index in [0.717, 1.165) is 11.0 Å². The Labute approximate surface area is 240 Å². The second-order valence-electron chi connectivity index (χ2n) is 11.5. The molecule has 0 aliphatic heterocycles. The lowest BCUT2D eigenvalue weighted by Gasteiger charge is -2.30. The maximum absolute atomic E-state index is 10.1. The third-order valence-corrected chi connectivity index (χ3v) is 6.88. The summed E-state index contributed by atoms with van der Waals surface area (Å²) in [6, 6.07) is 10.5. The Bertz CT molecular complexity index is 696. The highest BCUT2D eigenvalue weighted by atomic mass is 16.4. The van der Waals surface area contributed by atoms with E-state index in [4.69, 9.17) is 10.2 Å². The van der Waals surface area contributed by atoms with Gasteiger partial charge in [-0.15, -0.1) is 0 Å². The Balaban J connectivity index is 0. The Morgan fingerprint density at radius 3 is 1.49 bits per heavy atom. The van der Waals surface area contributed by atoms with Gasteiger partial charge in [-0.1, -0.05) is 114 Å². The van der Waals surface area contributed by atoms with Crippen LogP contribution in [0.1, 0.15) is 109 Å². The molecule has 228 valence electrons. The van der Waals surface area contributed by atoms with E-state index in [1.807, 2.05) is 0 Å². The van der Waals surface area contributed by atoms with Crippen LogP contribution < -0.4 is 5.73 Å². The molecule has 7 heteroatoms. The van der Waals surface area contributed by atoms with Crippen molar-refractivity contribution < 1.29 is 24.3 Å². The molecular formula is C32H62N3O4+. The van der Waals surface area contributed by atoms with Gasteiger partial charge in [0.05, 0.1) is 27.2 Å². The lowest BCUT2D eigenvalue weighted by atomic mass is 10.0. The number of benzene rings is 1. The fourth-order valence-corrected chi connectivity index (χ4v) is 4.11. The lowest BCUT2D eigenvalue weighted by Crippen LogP contribution is -2.39. The van der Waals surface area contributed by atoms with Crippen LogP contribution in [0.5, 0.6) is 0 Å². The highest BCUT2D eigenvalue weighted by Crippen LogP contribution is 2.15. The number of unbranched alkanes of at least 4 members (excludes halogenated alkanes) is 13. The van der Waals surface area contributed by atoms with Gasteiger partial charge in [0.25, 0.3) is 0 Å². The highest BCUT2D eigenvalue weighted by molar-refractivity contribution is 5.72. The van der Waals surface area contributed by atoms with Gasteiger partial charge in [0.1, 0.15) is 12.6 Å². The smallest absolute Gasteiger partial charge is 0.320 e. The van der Waals surface area contributed by atoms with E-state index < -0.39 is 11.9 Å². The molecule has 1 aromatic carbocycles. The van der Waals surface area contributed by atoms with Gasteiger partial charge in [0, 0.05) is 5.56 Å². The summed E-state index contributed by atoms with van der Waals surface area (Å²) in [6.45, 7) is 6.11. The maximum atomic E-state index is 10.1. The van der Waals surface area contributed by atoms with Crippen molar-refractivity contribution >= 4 is 11.9 Å². The zero-order chi connectivity index (χ0) is 29.9. The van der Waals surface area contributed by atoms with Crippen LogP contribution in [0, 0.1) is 0 Å². The monoisotopic (exact) mass is 552 g/mol. The van der Waals surface area contributed by atoms with Crippen molar-refractivity contribution in [3.05, 3.63) is 35.9 Å². The summed E-state index contributed by atoms with van der Waals surface area (Å²) in [5.41, 5.74) is 6.03. The SMILES string of the molecule is CC(C(=O)O)N(C)C.CCCCCCCCCCCCCCCC[N+](C)(C)Cc1ccccc1.NCC(=O)O. The van der Waals surface area contributed by atoms with Gasteiger partial charge < -0.3 is 20.4 Å². The maximum Gasteiger partial charge on any atom is 0.320 e. The Hall–Kier alpha value is -1.96. The molecule has 0 saturated carbocycles. The fraction of sp³-hybridized carbons (Fsp3) is 0.750. The summed E-state index contributed by atoms with van der Waals surface area (Å²) in [5, 5.41) is 15.9. The van der Waals surface area contributed by atoms with Crippen LogP contribution in [0.2, 0.25) is 0 Å². The van der Waals surface area contributed by atoms with E-state index in [0.29, 0.717) is 0 Å². The third-order valence-electron chi connectivity index (χ3n) is 6.88. The minimum absolute atomic E-state index is 0.278. The molecule has 0 radical (unpaired) electrons. The number of quaternary nitrogens is 1. The molecule has 1 rings (SSSR count). The first-order valence-corrected chi connectivity index (χ1v) is 15.1. The molecule has 0 saturated heterocycles. The summed E-state index contributed by atoms with van der Waals surface area (Å²) < 4.78 is 1.11. The van der Waals surface area contributed by atoms with Crippen molar-refractivity contribution in [1.29, 1.82) is 0 Å². The molecule has 7 nitrogen and oxygen atoms in total. The number of nitrogens with two attached hydrogens (primary N) is 1. The molecule has 0 fully saturated rings. The molecule has 0 heterocycles. The normalized spacial score (nSPS) is 11.7. The molecule has 39 heavy (non-hydrogen) atoms. The number of carbonyl (C=O) groups is 2. The van der Waals surface area contributed by atoms with Gasteiger partial charge in [-0.05, 0) is 33.9 Å². The second kappa shape index (κ2) is 26.3. The number of hydrogen-bond acceptors (Lipinski definition) is 4. The number of carboxylic acid groups (broad SMARTS) is 2. The number of carboxylic acids is 2. The number of aliphatic carboxylic acids is 2. The van der Waals surface area contributed by atoms with E-state index in [1.165, 1.54) is 102 Å². The summed E-state index contributed by atoms with van der Waals surface area (Å²) >= 11 is 0. The van der Waals surface area contributed by atoms with Crippen LogP contribution in [-0.4, -0.2) is 78.9 Å². The molecule has 0 aromatic heterocycles. The van der Waals surface area contributed by atoms with E-state index in [1.54, 1.807) is 25.9 Å². The van der Waals surface area contributed by atoms with Crippen LogP contribution in [0.3, 0.4) is 0 Å². The molecule has 0 aliphatic carbocycles. The zero-order valence-electron chi connectivity index (χ0n) is 26.2. The van der Waals surface area contributed by atoms with Crippen molar-refractivity contribution in [2.45, 2.75) is 116 Å². The van der Waals surface area contributed by atoms with E-state index >= 15 is 0 Å². The minimum Gasteiger partial charge on any atom is -0.480 e. The second-order valence-corrected chi connectivity index (χ2v) is 11.5. The molecule has 0 bridgehead atoms. The molecule has 1 atom stereocenters. The van der Waals surface area contributed by atoms with Gasteiger partial charge in [-0.2, -0.15) is 0 Å². The molecule has 0 amide bonds. The number of nitrogens with zero attached hydrogens (tertiary/aromatic N) is 2. The first-order chi connectivity index (χ1) is 18.5. The van der Waals surface area contributed by atoms with Crippen LogP contribution in [0.4, 0.5) is 0 Å². The minimum atomic E-state index is -0.968. The lowest BCUT2D eigenvalue weighted by molar-refractivity contribution is -0.903. The van der Waals surface area contributed by atoms with Crippen molar-refractivity contribution in [3.63, 3.8) is 0 Å². The van der Waals surface area contributed by atoms with E-state index in [2.05, 4.69) is 57.1 Å². The predicted octanol–water partition coefficient (Wildman–Crippen LogP) is 6.80. The van der Waals surface area contributed by atoms with Crippen LogP contribution in [0.25, 0.3) is 0 Å². The average molecular weight is 553 g/mol. The first-order valence-electron chi connectivity index (χ1n) is 15.1. The third kappa shape index (κ3) is 28.9. The highest BCUT2D eigenvalue weighted by Gasteiger charge is 2.15. The van der Waals surface area contributed by atoms with Crippen LogP contribution >= 0.6 is 0 Å². The van der Waals surface area contributed by atoms with Crippen molar-refractivity contribution in [1.82, 2.24) is 4.90 Å². The first kappa shape index (κ1) is 39.2. The quantitative estimate of drug-likeness (QED) is 0.121. The Morgan fingerprint density at radius 2 is 1.18 bits per heavy atom. The molecule has 0 aliphatic rings. The van der Waals surface area contributed by atoms with Gasteiger partial charge in [0.15, 0.2) is 0 Å². The molecule has 1 unspecified atom stereocenters. The van der Waals surface area contributed by atoms with E-state index in [-0.39, 0.29) is 12.6 Å². The topological polar surface area (TPSA) is 104 Å². The van der Waals surface area contributed by atoms with Crippen LogP contribution in [0.15, 0.2) is 30.3 Å². The Morgan fingerprint density at radius 1 is 0.795 bits per heavy atom. The largest absolute Gasteiger partial charge is 0.480 e. The van der Waals surface area contributed by atoms with Gasteiger partial charge in [-0.25, -0.2) is 0 Å².